The molecule has 0 aromatic heterocycles. The third-order valence-electron chi connectivity index (χ3n) is 2.56. The molecule has 0 aliphatic heterocycles. The topological polar surface area (TPSA) is 9.23 Å². The molecule has 14 heavy (non-hydrogen) atoms. The van der Waals surface area contributed by atoms with Crippen molar-refractivity contribution in [2.75, 3.05) is 12.9 Å². The van der Waals surface area contributed by atoms with Gasteiger partial charge in [0.05, 0.1) is 7.11 Å². The van der Waals surface area contributed by atoms with Crippen LogP contribution in [0.25, 0.3) is 0 Å². The van der Waals surface area contributed by atoms with Gasteiger partial charge in [0.1, 0.15) is 5.75 Å². The normalized spacial score (nSPS) is 12.5. The Hall–Kier alpha value is -0.630. The van der Waals surface area contributed by atoms with E-state index in [2.05, 4.69) is 31.7 Å². The lowest BCUT2D eigenvalue weighted by molar-refractivity contribution is 0.414. The average molecular weight is 210 g/mol. The first-order valence-electron chi connectivity index (χ1n) is 5.06. The zero-order chi connectivity index (χ0) is 10.4. The van der Waals surface area contributed by atoms with E-state index in [1.807, 2.05) is 12.1 Å². The molecule has 0 N–H and O–H groups in total. The summed E-state index contributed by atoms with van der Waals surface area (Å²) in [6, 6.07) is 8.35. The van der Waals surface area contributed by atoms with Gasteiger partial charge in [0.2, 0.25) is 0 Å². The Bertz CT molecular complexity index is 256. The number of benzene rings is 1. The summed E-state index contributed by atoms with van der Waals surface area (Å²) in [6.07, 6.45) is 2.32. The van der Waals surface area contributed by atoms with Crippen LogP contribution in [-0.4, -0.2) is 12.9 Å². The molecule has 1 aromatic rings. The predicted molar refractivity (Wildman–Crippen MR) is 64.5 cm³/mol. The molecule has 1 rings (SSSR count). The summed E-state index contributed by atoms with van der Waals surface area (Å²) in [5.74, 6) is 2.51. The van der Waals surface area contributed by atoms with Gasteiger partial charge in [-0.2, -0.15) is 12.6 Å². The van der Waals surface area contributed by atoms with Crippen LogP contribution in [0.3, 0.4) is 0 Å². The summed E-state index contributed by atoms with van der Waals surface area (Å²) >= 11 is 4.28. The van der Waals surface area contributed by atoms with Gasteiger partial charge in [0, 0.05) is 0 Å². The molecule has 1 aromatic carbocycles. The Morgan fingerprint density at radius 2 is 1.93 bits per heavy atom. The van der Waals surface area contributed by atoms with Crippen LogP contribution in [0.5, 0.6) is 5.75 Å². The van der Waals surface area contributed by atoms with Gasteiger partial charge in [0.25, 0.3) is 0 Å². The van der Waals surface area contributed by atoms with Crippen molar-refractivity contribution in [1.29, 1.82) is 0 Å². The van der Waals surface area contributed by atoms with E-state index in [-0.39, 0.29) is 0 Å². The third kappa shape index (κ3) is 2.95. The predicted octanol–water partition coefficient (Wildman–Crippen LogP) is 3.51. The van der Waals surface area contributed by atoms with E-state index in [9.17, 15) is 0 Å². The largest absolute Gasteiger partial charge is 0.497 e. The number of methoxy groups -OCH3 is 1. The quantitative estimate of drug-likeness (QED) is 0.732. The molecule has 78 valence electrons. The molecule has 1 atom stereocenters. The van der Waals surface area contributed by atoms with E-state index in [4.69, 9.17) is 4.74 Å². The fraction of sp³-hybridized carbons (Fsp3) is 0.500. The Balaban J connectivity index is 2.73. The van der Waals surface area contributed by atoms with E-state index in [1.165, 1.54) is 12.0 Å². The Morgan fingerprint density at radius 1 is 1.29 bits per heavy atom. The van der Waals surface area contributed by atoms with Gasteiger partial charge >= 0.3 is 0 Å². The minimum absolute atomic E-state index is 0.637. The summed E-state index contributed by atoms with van der Waals surface area (Å²) in [4.78, 5) is 0. The Kier molecular flexibility index (Phi) is 4.88. The average Bonchev–Trinajstić information content (AvgIpc) is 2.26. The van der Waals surface area contributed by atoms with Crippen LogP contribution in [-0.2, 0) is 0 Å². The number of ether oxygens (including phenoxy) is 1. The van der Waals surface area contributed by atoms with Crippen LogP contribution in [0.4, 0.5) is 0 Å². The maximum atomic E-state index is 5.13. The second-order valence-electron chi connectivity index (χ2n) is 3.39. The molecule has 0 saturated heterocycles. The van der Waals surface area contributed by atoms with E-state index in [0.717, 1.165) is 17.9 Å². The summed E-state index contributed by atoms with van der Waals surface area (Å²) in [5.41, 5.74) is 1.39. The number of thiol groups is 1. The maximum absolute atomic E-state index is 5.13. The van der Waals surface area contributed by atoms with Crippen molar-refractivity contribution in [1.82, 2.24) is 0 Å². The van der Waals surface area contributed by atoms with Crippen molar-refractivity contribution >= 4 is 12.6 Å². The lowest BCUT2D eigenvalue weighted by atomic mass is 9.94. The maximum Gasteiger partial charge on any atom is 0.118 e. The standard InChI is InChI=1S/C12H18OS/c1-3-10(8-9-14)11-4-6-12(13-2)7-5-11/h4-7,10,14H,3,8-9H2,1-2H3. The molecule has 0 amide bonds. The molecule has 0 saturated carbocycles. The van der Waals surface area contributed by atoms with Crippen LogP contribution >= 0.6 is 12.6 Å². The molecule has 1 nitrogen and oxygen atoms in total. The molecule has 0 aliphatic carbocycles. The Morgan fingerprint density at radius 3 is 2.36 bits per heavy atom. The van der Waals surface area contributed by atoms with E-state index in [0.29, 0.717) is 5.92 Å². The molecule has 0 bridgehead atoms. The molecular weight excluding hydrogens is 192 g/mol. The highest BCUT2D eigenvalue weighted by Crippen LogP contribution is 2.25. The van der Waals surface area contributed by atoms with Crippen molar-refractivity contribution in [2.24, 2.45) is 0 Å². The second kappa shape index (κ2) is 5.97. The molecule has 0 spiro atoms. The first-order chi connectivity index (χ1) is 6.81. The van der Waals surface area contributed by atoms with E-state index in [1.54, 1.807) is 7.11 Å². The van der Waals surface area contributed by atoms with Crippen LogP contribution in [0.15, 0.2) is 24.3 Å². The minimum atomic E-state index is 0.637. The number of hydrogen-bond acceptors (Lipinski definition) is 2. The first kappa shape index (κ1) is 11.4. The van der Waals surface area contributed by atoms with Crippen LogP contribution in [0, 0.1) is 0 Å². The van der Waals surface area contributed by atoms with Crippen LogP contribution in [0.1, 0.15) is 31.2 Å². The smallest absolute Gasteiger partial charge is 0.118 e. The van der Waals surface area contributed by atoms with Crippen molar-refractivity contribution in [2.45, 2.75) is 25.7 Å². The molecular formula is C12H18OS. The van der Waals surface area contributed by atoms with Crippen molar-refractivity contribution in [3.05, 3.63) is 29.8 Å². The lowest BCUT2D eigenvalue weighted by Gasteiger charge is -2.14. The number of rotatable bonds is 5. The molecule has 0 aliphatic rings. The lowest BCUT2D eigenvalue weighted by Crippen LogP contribution is -1.98. The number of hydrogen-bond donors (Lipinski definition) is 1. The van der Waals surface area contributed by atoms with Gasteiger partial charge in [-0.05, 0) is 42.2 Å². The minimum Gasteiger partial charge on any atom is -0.497 e. The van der Waals surface area contributed by atoms with Crippen LogP contribution < -0.4 is 4.74 Å². The van der Waals surface area contributed by atoms with Crippen molar-refractivity contribution < 1.29 is 4.74 Å². The van der Waals surface area contributed by atoms with Gasteiger partial charge in [-0.3, -0.25) is 0 Å². The zero-order valence-electron chi connectivity index (χ0n) is 8.86. The molecule has 1 unspecified atom stereocenters. The Labute approximate surface area is 91.9 Å². The highest BCUT2D eigenvalue weighted by Gasteiger charge is 2.07. The summed E-state index contributed by atoms with van der Waals surface area (Å²) in [5, 5.41) is 0. The monoisotopic (exact) mass is 210 g/mol. The van der Waals surface area contributed by atoms with Gasteiger partial charge in [0.15, 0.2) is 0 Å². The SMILES string of the molecule is CCC(CCS)c1ccc(OC)cc1. The molecule has 0 fully saturated rings. The zero-order valence-corrected chi connectivity index (χ0v) is 9.76. The highest BCUT2D eigenvalue weighted by molar-refractivity contribution is 7.80. The van der Waals surface area contributed by atoms with Gasteiger partial charge in [-0.15, -0.1) is 0 Å². The van der Waals surface area contributed by atoms with E-state index >= 15 is 0 Å². The fourth-order valence-electron chi connectivity index (χ4n) is 1.64. The van der Waals surface area contributed by atoms with Gasteiger partial charge in [-0.25, -0.2) is 0 Å². The molecule has 0 heterocycles. The van der Waals surface area contributed by atoms with E-state index < -0.39 is 0 Å². The van der Waals surface area contributed by atoms with Crippen molar-refractivity contribution in [3.8, 4) is 5.75 Å². The highest BCUT2D eigenvalue weighted by atomic mass is 32.1. The first-order valence-corrected chi connectivity index (χ1v) is 5.69. The van der Waals surface area contributed by atoms with Crippen molar-refractivity contribution in [3.63, 3.8) is 0 Å². The summed E-state index contributed by atoms with van der Waals surface area (Å²) < 4.78 is 5.13. The molecule has 0 radical (unpaired) electrons. The van der Waals surface area contributed by atoms with Gasteiger partial charge in [-0.1, -0.05) is 19.1 Å². The third-order valence-corrected chi connectivity index (χ3v) is 2.82. The second-order valence-corrected chi connectivity index (χ2v) is 3.84. The van der Waals surface area contributed by atoms with Crippen LogP contribution in [0.2, 0.25) is 0 Å². The van der Waals surface area contributed by atoms with Gasteiger partial charge < -0.3 is 4.74 Å². The molecule has 2 heteroatoms. The summed E-state index contributed by atoms with van der Waals surface area (Å²) in [7, 11) is 1.69. The summed E-state index contributed by atoms with van der Waals surface area (Å²) in [6.45, 7) is 2.22. The fourth-order valence-corrected chi connectivity index (χ4v) is 1.95.